The number of carbonyl (C=O) groups excluding carboxylic acids is 2. The summed E-state index contributed by atoms with van der Waals surface area (Å²) < 4.78 is 27.8. The molecule has 0 bridgehead atoms. The van der Waals surface area contributed by atoms with Gasteiger partial charge in [-0.2, -0.15) is 0 Å². The molecule has 3 aromatic rings. The Kier molecular flexibility index (Phi) is 7.44. The molecule has 0 unspecified atom stereocenters. The van der Waals surface area contributed by atoms with Gasteiger partial charge in [0.1, 0.15) is 41.4 Å². The first-order valence-corrected chi connectivity index (χ1v) is 13.2. The Bertz CT molecular complexity index is 1450. The third-order valence-corrected chi connectivity index (χ3v) is 7.46. The molecular formula is C28H27NO8S. The third kappa shape index (κ3) is 5.27. The minimum atomic E-state index is -0.616. The number of fused-ring (bicyclic) bond motifs is 2. The zero-order chi connectivity index (χ0) is 26.8. The van der Waals surface area contributed by atoms with Gasteiger partial charge >= 0.3 is 11.6 Å². The molecule has 198 valence electrons. The van der Waals surface area contributed by atoms with Gasteiger partial charge in [0.25, 0.3) is 5.91 Å². The predicted molar refractivity (Wildman–Crippen MR) is 141 cm³/mol. The lowest BCUT2D eigenvalue weighted by Crippen LogP contribution is -2.66. The van der Waals surface area contributed by atoms with E-state index >= 15 is 0 Å². The number of thioether (sulfide) groups is 1. The smallest absolute Gasteiger partial charge is 0.355 e. The van der Waals surface area contributed by atoms with Gasteiger partial charge in [0.2, 0.25) is 0 Å². The lowest BCUT2D eigenvalue weighted by atomic mass is 10.0. The standard InChI is InChI=1S/C28H27NO8S/c1-16(2)36-25-26(31)29-24(28(32)35-13-17-4-8-20(33-3)9-5-17)19(15-38-27(25)29)14-34-21-10-6-18-7-11-23(30)37-22(18)12-21/h4-12,16,25,27H,13-15H2,1-3H3/t25-,27-/m0/s1. The molecule has 0 spiro atoms. The fourth-order valence-corrected chi connectivity index (χ4v) is 5.58. The van der Waals surface area contributed by atoms with Crippen LogP contribution in [0.5, 0.6) is 11.5 Å². The van der Waals surface area contributed by atoms with Crippen LogP contribution in [0.3, 0.4) is 0 Å². The number of hydrogen-bond donors (Lipinski definition) is 0. The largest absolute Gasteiger partial charge is 0.497 e. The van der Waals surface area contributed by atoms with Crippen LogP contribution in [-0.4, -0.2) is 53.8 Å². The Morgan fingerprint density at radius 1 is 1.05 bits per heavy atom. The molecule has 1 aromatic heterocycles. The zero-order valence-electron chi connectivity index (χ0n) is 21.2. The molecule has 1 saturated heterocycles. The number of hydrogen-bond acceptors (Lipinski definition) is 9. The molecule has 0 N–H and O–H groups in total. The van der Waals surface area contributed by atoms with Crippen LogP contribution < -0.4 is 15.1 Å². The molecule has 38 heavy (non-hydrogen) atoms. The van der Waals surface area contributed by atoms with Crippen molar-refractivity contribution < 1.29 is 33.0 Å². The highest BCUT2D eigenvalue weighted by molar-refractivity contribution is 8.00. The molecule has 2 aliphatic heterocycles. The lowest BCUT2D eigenvalue weighted by Gasteiger charge is -2.49. The van der Waals surface area contributed by atoms with Crippen molar-refractivity contribution in [2.45, 2.75) is 38.0 Å². The summed E-state index contributed by atoms with van der Waals surface area (Å²) in [6, 6.07) is 15.4. The molecule has 0 aliphatic carbocycles. The van der Waals surface area contributed by atoms with E-state index in [1.54, 1.807) is 43.5 Å². The maximum Gasteiger partial charge on any atom is 0.355 e. The van der Waals surface area contributed by atoms with Gasteiger partial charge < -0.3 is 23.4 Å². The van der Waals surface area contributed by atoms with Gasteiger partial charge in [-0.05, 0) is 49.7 Å². The minimum Gasteiger partial charge on any atom is -0.497 e. The van der Waals surface area contributed by atoms with Crippen LogP contribution in [0.4, 0.5) is 0 Å². The zero-order valence-corrected chi connectivity index (χ0v) is 22.0. The Hall–Kier alpha value is -3.76. The molecule has 10 heteroatoms. The summed E-state index contributed by atoms with van der Waals surface area (Å²) in [5.74, 6) is 0.739. The molecule has 1 fully saturated rings. The van der Waals surface area contributed by atoms with Crippen LogP contribution in [0.25, 0.3) is 11.0 Å². The second kappa shape index (κ2) is 10.9. The number of benzene rings is 2. The third-order valence-electron chi connectivity index (χ3n) is 6.15. The number of amides is 1. The second-order valence-corrected chi connectivity index (χ2v) is 10.2. The highest BCUT2D eigenvalue weighted by atomic mass is 32.2. The average molecular weight is 538 g/mol. The van der Waals surface area contributed by atoms with Crippen molar-refractivity contribution in [2.75, 3.05) is 19.5 Å². The SMILES string of the molecule is COc1ccc(COC(=O)C2=C(COc3ccc4ccc(=O)oc4c3)CS[C@H]3[C@@H](OC(C)C)C(=O)N23)cc1. The number of esters is 1. The summed E-state index contributed by atoms with van der Waals surface area (Å²) in [7, 11) is 1.58. The highest BCUT2D eigenvalue weighted by Crippen LogP contribution is 2.42. The molecule has 2 aromatic carbocycles. The molecule has 1 amide bonds. The van der Waals surface area contributed by atoms with Crippen LogP contribution in [-0.2, 0) is 25.7 Å². The van der Waals surface area contributed by atoms with Crippen LogP contribution in [0.2, 0.25) is 0 Å². The Morgan fingerprint density at radius 2 is 1.79 bits per heavy atom. The molecule has 2 atom stereocenters. The van der Waals surface area contributed by atoms with Gasteiger partial charge in [-0.15, -0.1) is 11.8 Å². The summed E-state index contributed by atoms with van der Waals surface area (Å²) in [6.07, 6.45) is -0.742. The van der Waals surface area contributed by atoms with Gasteiger partial charge in [-0.25, -0.2) is 9.59 Å². The second-order valence-electron chi connectivity index (χ2n) is 9.13. The Morgan fingerprint density at radius 3 is 2.53 bits per heavy atom. The molecule has 0 radical (unpaired) electrons. The summed E-state index contributed by atoms with van der Waals surface area (Å²) in [5.41, 5.74) is 1.53. The molecule has 2 aliphatic rings. The number of nitrogens with zero attached hydrogens (tertiary/aromatic N) is 1. The Labute approximate surface area is 223 Å². The van der Waals surface area contributed by atoms with Crippen LogP contribution in [0, 0.1) is 0 Å². The van der Waals surface area contributed by atoms with Gasteiger partial charge in [-0.1, -0.05) is 12.1 Å². The molecular weight excluding hydrogens is 510 g/mol. The summed E-state index contributed by atoms with van der Waals surface area (Å²) in [4.78, 5) is 39.4. The van der Waals surface area contributed by atoms with Crippen molar-refractivity contribution in [1.82, 2.24) is 4.90 Å². The minimum absolute atomic E-state index is 0.0376. The molecule has 9 nitrogen and oxygen atoms in total. The first-order chi connectivity index (χ1) is 18.3. The van der Waals surface area contributed by atoms with Crippen LogP contribution in [0.15, 0.2) is 75.1 Å². The van der Waals surface area contributed by atoms with E-state index in [9.17, 15) is 14.4 Å². The topological polar surface area (TPSA) is 105 Å². The van der Waals surface area contributed by atoms with Crippen LogP contribution >= 0.6 is 11.8 Å². The van der Waals surface area contributed by atoms with E-state index in [-0.39, 0.29) is 36.3 Å². The molecule has 3 heterocycles. The Balaban J connectivity index is 1.37. The average Bonchev–Trinajstić information content (AvgIpc) is 2.92. The van der Waals surface area contributed by atoms with Gasteiger partial charge in [0.15, 0.2) is 6.10 Å². The number of rotatable bonds is 9. The monoisotopic (exact) mass is 537 g/mol. The van der Waals surface area contributed by atoms with E-state index in [1.807, 2.05) is 26.0 Å². The van der Waals surface area contributed by atoms with Gasteiger partial charge in [-0.3, -0.25) is 9.69 Å². The van der Waals surface area contributed by atoms with Crippen molar-refractivity contribution in [3.8, 4) is 11.5 Å². The molecule has 5 rings (SSSR count). The van der Waals surface area contributed by atoms with Crippen molar-refractivity contribution in [3.05, 3.63) is 81.9 Å². The quantitative estimate of drug-likeness (QED) is 0.228. The van der Waals surface area contributed by atoms with Crippen molar-refractivity contribution in [2.24, 2.45) is 0 Å². The fourth-order valence-electron chi connectivity index (χ4n) is 4.27. The van der Waals surface area contributed by atoms with Gasteiger partial charge in [0.05, 0.1) is 13.2 Å². The summed E-state index contributed by atoms with van der Waals surface area (Å²) >= 11 is 1.51. The van der Waals surface area contributed by atoms with Crippen LogP contribution in [0.1, 0.15) is 19.4 Å². The lowest BCUT2D eigenvalue weighted by molar-refractivity contribution is -0.170. The number of ether oxygens (including phenoxy) is 4. The van der Waals surface area contributed by atoms with Crippen molar-refractivity contribution in [3.63, 3.8) is 0 Å². The highest BCUT2D eigenvalue weighted by Gasteiger charge is 2.55. The number of carbonyl (C=O) groups is 2. The van der Waals surface area contributed by atoms with E-state index in [0.29, 0.717) is 28.4 Å². The van der Waals surface area contributed by atoms with E-state index in [2.05, 4.69) is 0 Å². The maximum atomic E-state index is 13.3. The van der Waals surface area contributed by atoms with E-state index < -0.39 is 17.7 Å². The number of methoxy groups -OCH3 is 1. The van der Waals surface area contributed by atoms with E-state index in [1.165, 1.54) is 22.7 Å². The van der Waals surface area contributed by atoms with Crippen molar-refractivity contribution >= 4 is 34.6 Å². The maximum absolute atomic E-state index is 13.3. The summed E-state index contributed by atoms with van der Waals surface area (Å²) in [6.45, 7) is 3.83. The first kappa shape index (κ1) is 25.9. The van der Waals surface area contributed by atoms with Crippen molar-refractivity contribution in [1.29, 1.82) is 0 Å². The van der Waals surface area contributed by atoms with E-state index in [0.717, 1.165) is 10.9 Å². The van der Waals surface area contributed by atoms with E-state index in [4.69, 9.17) is 23.4 Å². The normalized spacial score (nSPS) is 18.8. The fraction of sp³-hybridized carbons (Fsp3) is 0.321. The molecule has 0 saturated carbocycles. The summed E-state index contributed by atoms with van der Waals surface area (Å²) in [5, 5.41) is 0.449. The number of β-lactam (4-membered cyclic amide) rings is 1. The first-order valence-electron chi connectivity index (χ1n) is 12.1. The predicted octanol–water partition coefficient (Wildman–Crippen LogP) is 3.89. The van der Waals surface area contributed by atoms with Gasteiger partial charge in [0, 0.05) is 28.8 Å².